The Bertz CT molecular complexity index is 8850. The third kappa shape index (κ3) is 14.4. The Kier molecular flexibility index (Phi) is 20.1. The van der Waals surface area contributed by atoms with Gasteiger partial charge in [0.1, 0.15) is 0 Å². The molecule has 0 aliphatic carbocycles. The largest absolute Gasteiger partial charge is 0.310 e. The molecule has 0 saturated carbocycles. The number of hydrogen-bond acceptors (Lipinski definition) is 2. The van der Waals surface area contributed by atoms with Crippen LogP contribution in [0.3, 0.4) is 0 Å². The van der Waals surface area contributed by atoms with E-state index in [0.717, 1.165) is 151 Å². The Morgan fingerprint density at radius 2 is 0.472 bits per heavy atom. The summed E-state index contributed by atoms with van der Waals surface area (Å²) in [5.41, 5.74) is 41.8. The Morgan fingerprint density at radius 3 is 0.806 bits per heavy atom. The Hall–Kier alpha value is -15.2. The van der Waals surface area contributed by atoms with Crippen LogP contribution in [-0.4, -0.2) is 20.4 Å². The van der Waals surface area contributed by atoms with Crippen LogP contribution in [0.5, 0.6) is 0 Å². The number of fused-ring (bicyclic) bond motifs is 11. The van der Waals surface area contributed by atoms with Gasteiger partial charge in [-0.2, -0.15) is 0 Å². The number of rotatable bonds is 11. The second-order valence-corrected chi connectivity index (χ2v) is 48.6. The van der Waals surface area contributed by atoms with Gasteiger partial charge in [0.05, 0.1) is 50.2 Å². The summed E-state index contributed by atoms with van der Waals surface area (Å²) in [6.07, 6.45) is 0. The fourth-order valence-electron chi connectivity index (χ4n) is 24.1. The van der Waals surface area contributed by atoms with Crippen LogP contribution in [0.1, 0.15) is 184 Å². The highest BCUT2D eigenvalue weighted by Gasteiger charge is 2.47. The van der Waals surface area contributed by atoms with Crippen LogP contribution >= 0.6 is 0 Å². The van der Waals surface area contributed by atoms with E-state index < -0.39 is 6.71 Å². The summed E-state index contributed by atoms with van der Waals surface area (Å²) in [7, 11) is 0. The maximum absolute atomic E-state index is 2.82. The van der Waals surface area contributed by atoms with Crippen LogP contribution in [0.4, 0.5) is 34.1 Å². The van der Waals surface area contributed by atoms with E-state index in [4.69, 9.17) is 0 Å². The molecule has 0 fully saturated rings. The maximum Gasteiger partial charge on any atom is 0.252 e. The van der Waals surface area contributed by atoms with Gasteiger partial charge in [-0.15, -0.1) is 0 Å². The zero-order valence-electron chi connectivity index (χ0n) is 87.0. The van der Waals surface area contributed by atoms with E-state index in [0.29, 0.717) is 0 Å². The van der Waals surface area contributed by atoms with Crippen LogP contribution in [0.15, 0.2) is 370 Å². The molecule has 0 bridgehead atoms. The minimum atomic E-state index is -0.393. The van der Waals surface area contributed by atoms with E-state index in [9.17, 15) is 0 Å². The lowest BCUT2D eigenvalue weighted by atomic mass is 9.33. The Balaban J connectivity index is 0.892. The molecule has 0 unspecified atom stereocenters. The van der Waals surface area contributed by atoms with Crippen molar-refractivity contribution < 1.29 is 0 Å². The van der Waals surface area contributed by atoms with Crippen molar-refractivity contribution in [2.45, 2.75) is 183 Å². The fourth-order valence-corrected chi connectivity index (χ4v) is 24.1. The zero-order chi connectivity index (χ0) is 99.4. The van der Waals surface area contributed by atoms with Crippen molar-refractivity contribution in [1.29, 1.82) is 0 Å². The topological polar surface area (TPSA) is 21.3 Å². The first-order chi connectivity index (χ1) is 68.8. The van der Waals surface area contributed by atoms with Gasteiger partial charge in [0.2, 0.25) is 0 Å². The smallest absolute Gasteiger partial charge is 0.252 e. The van der Waals surface area contributed by atoms with Gasteiger partial charge in [0, 0.05) is 83.1 Å². The Labute approximate surface area is 848 Å². The third-order valence-corrected chi connectivity index (χ3v) is 32.0. The lowest BCUT2D eigenvalue weighted by Crippen LogP contribution is -2.61. The minimum Gasteiger partial charge on any atom is -0.310 e. The quantitative estimate of drug-likeness (QED) is 0.0731. The normalized spacial score (nSPS) is 13.4. The van der Waals surface area contributed by atoms with E-state index in [2.05, 4.69) is 539 Å². The highest BCUT2D eigenvalue weighted by molar-refractivity contribution is 7.00. The van der Waals surface area contributed by atoms with Gasteiger partial charge in [-0.1, -0.05) is 394 Å². The summed E-state index contributed by atoms with van der Waals surface area (Å²) in [5, 5.41) is 15.1. The van der Waals surface area contributed by atoms with Crippen LogP contribution in [0.25, 0.3) is 182 Å². The number of benzene rings is 20. The molecule has 0 radical (unpaired) electrons. The Morgan fingerprint density at radius 1 is 0.181 bits per heavy atom. The monoisotopic (exact) mass is 1860 g/mol. The average Bonchev–Trinajstić information content (AvgIpc) is 1.22. The molecule has 3 aromatic heterocycles. The van der Waals surface area contributed by atoms with E-state index >= 15 is 0 Å². The summed E-state index contributed by atoms with van der Waals surface area (Å²) in [5.74, 6) is 0. The van der Waals surface area contributed by atoms with E-state index in [1.165, 1.54) is 120 Å². The first-order valence-electron chi connectivity index (χ1n) is 51.9. The number of aromatic nitrogens is 3. The molecule has 144 heavy (non-hydrogen) atoms. The van der Waals surface area contributed by atoms with Gasteiger partial charge < -0.3 is 23.5 Å². The van der Waals surface area contributed by atoms with Gasteiger partial charge in [-0.25, -0.2) is 0 Å². The lowest BCUT2D eigenvalue weighted by molar-refractivity contribution is 0.590. The van der Waals surface area contributed by atoms with Crippen molar-refractivity contribution in [2.24, 2.45) is 0 Å². The van der Waals surface area contributed by atoms with Gasteiger partial charge >= 0.3 is 0 Å². The molecule has 23 aromatic rings. The molecule has 5 heterocycles. The first kappa shape index (κ1) is 90.1. The molecule has 0 saturated heterocycles. The van der Waals surface area contributed by atoms with Crippen LogP contribution in [0.2, 0.25) is 0 Å². The van der Waals surface area contributed by atoms with Gasteiger partial charge in [-0.3, -0.25) is 0 Å². The highest BCUT2D eigenvalue weighted by atomic mass is 15.2. The first-order valence-corrected chi connectivity index (χ1v) is 51.9. The molecule has 0 atom stereocenters. The molecule has 0 spiro atoms. The second-order valence-electron chi connectivity index (χ2n) is 48.6. The van der Waals surface area contributed by atoms with E-state index in [1.54, 1.807) is 0 Å². The van der Waals surface area contributed by atoms with E-state index in [-0.39, 0.29) is 37.9 Å². The summed E-state index contributed by atoms with van der Waals surface area (Å²) >= 11 is 0. The average molecular weight is 1860 g/mol. The lowest BCUT2D eigenvalue weighted by Gasteiger charge is -2.46. The summed E-state index contributed by atoms with van der Waals surface area (Å²) in [6, 6.07) is 146. The summed E-state index contributed by atoms with van der Waals surface area (Å²) < 4.78 is 7.92. The predicted molar refractivity (Wildman–Crippen MR) is 622 cm³/mol. The third-order valence-electron chi connectivity index (χ3n) is 32.0. The fraction of sp³-hybridized carbons (Fsp3) is 0.203. The molecule has 2 aliphatic rings. The maximum atomic E-state index is 2.82. The van der Waals surface area contributed by atoms with Crippen LogP contribution in [0, 0.1) is 0 Å². The second kappa shape index (κ2) is 32.1. The number of nitrogens with zero attached hydrogens (tertiary/aromatic N) is 5. The molecule has 25 rings (SSSR count). The molecular weight excluding hydrogens is 1740 g/mol. The van der Waals surface area contributed by atoms with Crippen LogP contribution < -0.4 is 26.2 Å². The molecule has 20 aromatic carbocycles. The van der Waals surface area contributed by atoms with Crippen molar-refractivity contribution in [3.05, 3.63) is 409 Å². The molecule has 5 nitrogen and oxygen atoms in total. The number of anilines is 6. The van der Waals surface area contributed by atoms with Crippen molar-refractivity contribution in [3.63, 3.8) is 0 Å². The van der Waals surface area contributed by atoms with E-state index in [1.807, 2.05) is 0 Å². The van der Waals surface area contributed by atoms with Crippen molar-refractivity contribution in [1.82, 2.24) is 13.7 Å². The van der Waals surface area contributed by atoms with Crippen molar-refractivity contribution in [2.75, 3.05) is 9.80 Å². The standard InChI is InChI=1S/C138H124BN5/c1-132(2,3)94-51-43-86(44-52-94)105-71-91(83-33-25-22-26-34-83)72-106(87-45-53-95(54-46-87)133(4,5)6)130(105)143-120-81-101(140-114-67-57-97(135(10,11)12)77-108(114)109-78-98(136(13,14)15)58-68-115(109)140)61-63-112(120)139-113-64-62-102(141-116-69-59-99(137(16,17)18)79-110(116)111-80-100(138(19,20)21)60-70-117(111)141)82-121(113)144(123-75-93(74-122(143)129(123)139)85-37-29-24-30-38-85)131-107(88-47-55-96(56-48-88)134(7,8)9)73-92(84-35-27-23-28-36-84)76-124(131)142-118-65-49-89-39-31-41-103-104-42-32-40-90-50-66-119(142)128(126(90)104)127(118)125(89)103/h22-82H,1-21H3. The molecular formula is C138H124BN5. The molecule has 704 valence electrons. The minimum absolute atomic E-state index is 0.112. The van der Waals surface area contributed by atoms with Gasteiger partial charge in [0.25, 0.3) is 6.71 Å². The highest BCUT2D eigenvalue weighted by Crippen LogP contribution is 2.59. The summed E-state index contributed by atoms with van der Waals surface area (Å²) in [6.45, 7) is 48.9. The molecule has 0 amide bonds. The molecule has 6 heteroatoms. The van der Waals surface area contributed by atoms with Gasteiger partial charge in [-0.05, 0) is 297 Å². The zero-order valence-corrected chi connectivity index (χ0v) is 87.0. The van der Waals surface area contributed by atoms with Crippen LogP contribution in [-0.2, 0) is 37.9 Å². The van der Waals surface area contributed by atoms with Crippen molar-refractivity contribution >= 4 is 155 Å². The predicted octanol–water partition coefficient (Wildman–Crippen LogP) is 36.5. The molecule has 2 aliphatic heterocycles. The SMILES string of the molecule is CC(C)(C)c1ccc(-c2cc(-c3ccccc3)cc(-c3ccc(C(C)(C)C)cc3)c2N2c3cc(-n4c5ccc(C(C)(C)C)cc5c5cc(C(C)(C)C)ccc54)ccc3B3c4ccc(-n5c6ccc(C(C)(C)C)cc6c6cc(C(C)(C)C)ccc65)cc4N(c4c(-c5ccc(C(C)(C)C)cc5)cc(-c5ccccc5)cc4-n4c5ccc6cccc7c8cccc9ccc4c(c98)c5c67)c4cc(-c5ccccc5)cc2c43)cc1. The van der Waals surface area contributed by atoms with Gasteiger partial charge in [0.15, 0.2) is 0 Å². The number of hydrogen-bond donors (Lipinski definition) is 0. The molecule has 0 N–H and O–H groups in total. The summed E-state index contributed by atoms with van der Waals surface area (Å²) in [4.78, 5) is 5.62. The van der Waals surface area contributed by atoms with Crippen molar-refractivity contribution in [3.8, 4) is 83.8 Å².